The summed E-state index contributed by atoms with van der Waals surface area (Å²) < 4.78 is 10.7. The second kappa shape index (κ2) is 7.84. The fraction of sp³-hybridized carbons (Fsp3) is 0.238. The second-order valence-corrected chi connectivity index (χ2v) is 6.80. The van der Waals surface area contributed by atoms with Gasteiger partial charge in [-0.25, -0.2) is 4.79 Å². The van der Waals surface area contributed by atoms with Gasteiger partial charge in [-0.05, 0) is 50.6 Å². The molecule has 1 heterocycles. The van der Waals surface area contributed by atoms with Crippen molar-refractivity contribution in [2.45, 2.75) is 26.9 Å². The molecule has 0 bridgehead atoms. The number of rotatable bonds is 6. The highest BCUT2D eigenvalue weighted by Crippen LogP contribution is 2.24. The predicted molar refractivity (Wildman–Crippen MR) is 105 cm³/mol. The molecule has 140 valence electrons. The number of halogens is 1. The molecule has 0 amide bonds. The number of aryl methyl sites for hydroxylation is 2. The van der Waals surface area contributed by atoms with Gasteiger partial charge in [-0.3, -0.25) is 4.79 Å². The largest absolute Gasteiger partial charge is 0.482 e. The summed E-state index contributed by atoms with van der Waals surface area (Å²) in [6.45, 7) is 4.94. The van der Waals surface area contributed by atoms with Gasteiger partial charge in [-0.1, -0.05) is 29.8 Å². The summed E-state index contributed by atoms with van der Waals surface area (Å²) in [6.07, 6.45) is -0.912. The number of aromatic amines is 1. The van der Waals surface area contributed by atoms with Crippen LogP contribution in [0.3, 0.4) is 0 Å². The number of aromatic nitrogens is 1. The highest BCUT2D eigenvalue weighted by Gasteiger charge is 2.24. The van der Waals surface area contributed by atoms with E-state index >= 15 is 0 Å². The van der Waals surface area contributed by atoms with E-state index in [1.807, 2.05) is 38.1 Å². The number of benzene rings is 2. The number of esters is 1. The molecule has 27 heavy (non-hydrogen) atoms. The van der Waals surface area contributed by atoms with E-state index < -0.39 is 12.1 Å². The minimum atomic E-state index is -0.912. The van der Waals surface area contributed by atoms with Gasteiger partial charge in [-0.2, -0.15) is 0 Å². The van der Waals surface area contributed by atoms with E-state index in [2.05, 4.69) is 4.98 Å². The van der Waals surface area contributed by atoms with Crippen LogP contribution in [0.5, 0.6) is 5.75 Å². The van der Waals surface area contributed by atoms with Gasteiger partial charge in [0, 0.05) is 27.2 Å². The van der Waals surface area contributed by atoms with E-state index in [4.69, 9.17) is 21.1 Å². The van der Waals surface area contributed by atoms with Crippen LogP contribution >= 0.6 is 11.6 Å². The summed E-state index contributed by atoms with van der Waals surface area (Å²) in [4.78, 5) is 28.1. The topological polar surface area (TPSA) is 68.4 Å². The number of fused-ring (bicyclic) bond motifs is 1. The highest BCUT2D eigenvalue weighted by molar-refractivity contribution is 6.30. The van der Waals surface area contributed by atoms with Gasteiger partial charge >= 0.3 is 5.97 Å². The van der Waals surface area contributed by atoms with Crippen LogP contribution in [0.15, 0.2) is 42.5 Å². The van der Waals surface area contributed by atoms with Gasteiger partial charge in [0.15, 0.2) is 12.7 Å². The molecule has 3 aromatic rings. The van der Waals surface area contributed by atoms with Crippen LogP contribution < -0.4 is 4.74 Å². The smallest absolute Gasteiger partial charge is 0.344 e. The summed E-state index contributed by atoms with van der Waals surface area (Å²) in [5.41, 5.74) is 2.98. The van der Waals surface area contributed by atoms with Crippen molar-refractivity contribution in [2.75, 3.05) is 6.61 Å². The molecule has 0 saturated carbocycles. The SMILES string of the molecule is Cc1cc(Cl)ccc1OCC(=O)OC(C)C(=O)c1c(C)[nH]c2ccccc12. The molecule has 6 heteroatoms. The van der Waals surface area contributed by atoms with Gasteiger partial charge < -0.3 is 14.5 Å². The van der Waals surface area contributed by atoms with Gasteiger partial charge in [0.2, 0.25) is 5.78 Å². The number of carbonyl (C=O) groups excluding carboxylic acids is 2. The van der Waals surface area contributed by atoms with Crippen molar-refractivity contribution in [3.63, 3.8) is 0 Å². The number of Topliss-reactive ketones (excluding diaryl/α,β-unsaturated/α-hetero) is 1. The molecule has 5 nitrogen and oxygen atoms in total. The molecular weight excluding hydrogens is 366 g/mol. The molecule has 0 saturated heterocycles. The van der Waals surface area contributed by atoms with Crippen LogP contribution in [0.25, 0.3) is 10.9 Å². The number of H-pyrrole nitrogens is 1. The molecule has 1 aromatic heterocycles. The summed E-state index contributed by atoms with van der Waals surface area (Å²) in [5, 5.41) is 1.41. The molecule has 3 rings (SSSR count). The van der Waals surface area contributed by atoms with Crippen molar-refractivity contribution in [2.24, 2.45) is 0 Å². The Labute approximate surface area is 162 Å². The quantitative estimate of drug-likeness (QED) is 0.496. The fourth-order valence-electron chi connectivity index (χ4n) is 2.99. The van der Waals surface area contributed by atoms with Crippen LogP contribution in [0.2, 0.25) is 5.02 Å². The third kappa shape index (κ3) is 4.14. The summed E-state index contributed by atoms with van der Waals surface area (Å²) in [7, 11) is 0. The van der Waals surface area contributed by atoms with Gasteiger partial charge in [0.25, 0.3) is 0 Å². The summed E-state index contributed by atoms with van der Waals surface area (Å²) in [5.74, 6) is -0.313. The van der Waals surface area contributed by atoms with Crippen LogP contribution in [0, 0.1) is 13.8 Å². The second-order valence-electron chi connectivity index (χ2n) is 6.37. The van der Waals surface area contributed by atoms with Crippen molar-refractivity contribution in [1.82, 2.24) is 4.98 Å². The Bertz CT molecular complexity index is 1010. The zero-order chi connectivity index (χ0) is 19.6. The normalized spacial score (nSPS) is 12.0. The Hall–Kier alpha value is -2.79. The lowest BCUT2D eigenvalue weighted by molar-refractivity contribution is -0.148. The molecular formula is C21H20ClNO4. The molecule has 1 N–H and O–H groups in total. The number of carbonyl (C=O) groups is 2. The lowest BCUT2D eigenvalue weighted by Gasteiger charge is -2.14. The zero-order valence-corrected chi connectivity index (χ0v) is 16.1. The van der Waals surface area contributed by atoms with Crippen LogP contribution in [-0.2, 0) is 9.53 Å². The van der Waals surface area contributed by atoms with Crippen LogP contribution in [0.4, 0.5) is 0 Å². The molecule has 1 unspecified atom stereocenters. The molecule has 0 aliphatic rings. The standard InChI is InChI=1S/C21H20ClNO4/c1-12-10-15(22)8-9-18(12)26-11-19(24)27-14(3)21(25)20-13(2)23-17-7-5-4-6-16(17)20/h4-10,14,23H,11H2,1-3H3. The molecule has 1 atom stereocenters. The molecule has 0 radical (unpaired) electrons. The Kier molecular flexibility index (Phi) is 5.51. The first kappa shape index (κ1) is 19.0. The first-order chi connectivity index (χ1) is 12.9. The molecule has 2 aromatic carbocycles. The Morgan fingerprint density at radius 2 is 1.89 bits per heavy atom. The number of nitrogens with one attached hydrogen (secondary N) is 1. The van der Waals surface area contributed by atoms with E-state index in [0.29, 0.717) is 16.3 Å². The predicted octanol–water partition coefficient (Wildman–Crippen LogP) is 4.63. The number of hydrogen-bond acceptors (Lipinski definition) is 4. The molecule has 0 aliphatic heterocycles. The maximum absolute atomic E-state index is 12.8. The van der Waals surface area contributed by atoms with Crippen LogP contribution in [0.1, 0.15) is 28.5 Å². The number of ether oxygens (including phenoxy) is 2. The van der Waals surface area contributed by atoms with Crippen LogP contribution in [-0.4, -0.2) is 29.4 Å². The molecule has 0 spiro atoms. The van der Waals surface area contributed by atoms with E-state index in [1.54, 1.807) is 25.1 Å². The monoisotopic (exact) mass is 385 g/mol. The van der Waals surface area contributed by atoms with Crippen molar-refractivity contribution < 1.29 is 19.1 Å². The van der Waals surface area contributed by atoms with Gasteiger partial charge in [-0.15, -0.1) is 0 Å². The fourth-order valence-corrected chi connectivity index (χ4v) is 3.22. The Morgan fingerprint density at radius 1 is 1.15 bits per heavy atom. The van der Waals surface area contributed by atoms with Crippen molar-refractivity contribution in [3.8, 4) is 5.75 Å². The van der Waals surface area contributed by atoms with Crippen molar-refractivity contribution >= 4 is 34.3 Å². The van der Waals surface area contributed by atoms with Crippen molar-refractivity contribution in [1.29, 1.82) is 0 Å². The molecule has 0 aliphatic carbocycles. The first-order valence-electron chi connectivity index (χ1n) is 8.56. The zero-order valence-electron chi connectivity index (χ0n) is 15.3. The summed E-state index contributed by atoms with van der Waals surface area (Å²) in [6, 6.07) is 12.6. The lowest BCUT2D eigenvalue weighted by Crippen LogP contribution is -2.27. The lowest BCUT2D eigenvalue weighted by atomic mass is 10.0. The number of hydrogen-bond donors (Lipinski definition) is 1. The minimum absolute atomic E-state index is 0.249. The van der Waals surface area contributed by atoms with E-state index in [9.17, 15) is 9.59 Å². The van der Waals surface area contributed by atoms with Gasteiger partial charge in [0.05, 0.1) is 0 Å². The Morgan fingerprint density at radius 3 is 2.63 bits per heavy atom. The van der Waals surface area contributed by atoms with Gasteiger partial charge in [0.1, 0.15) is 5.75 Å². The third-order valence-corrected chi connectivity index (χ3v) is 4.54. The first-order valence-corrected chi connectivity index (χ1v) is 8.94. The number of para-hydroxylation sites is 1. The average molecular weight is 386 g/mol. The Balaban J connectivity index is 1.65. The van der Waals surface area contributed by atoms with Crippen molar-refractivity contribution in [3.05, 3.63) is 64.3 Å². The maximum Gasteiger partial charge on any atom is 0.344 e. The average Bonchev–Trinajstić information content (AvgIpc) is 2.96. The van der Waals surface area contributed by atoms with E-state index in [-0.39, 0.29) is 12.4 Å². The maximum atomic E-state index is 12.8. The summed E-state index contributed by atoms with van der Waals surface area (Å²) >= 11 is 5.90. The highest BCUT2D eigenvalue weighted by atomic mass is 35.5. The minimum Gasteiger partial charge on any atom is -0.482 e. The molecule has 0 fully saturated rings. The third-order valence-electron chi connectivity index (χ3n) is 4.30. The van der Waals surface area contributed by atoms with E-state index in [1.165, 1.54) is 0 Å². The van der Waals surface area contributed by atoms with E-state index in [0.717, 1.165) is 22.2 Å². The number of ketones is 1.